The van der Waals surface area contributed by atoms with Gasteiger partial charge in [0.1, 0.15) is 0 Å². The van der Waals surface area contributed by atoms with Crippen LogP contribution in [0.5, 0.6) is 0 Å². The summed E-state index contributed by atoms with van der Waals surface area (Å²) in [6.07, 6.45) is 6.65. The molecule has 0 aromatic heterocycles. The summed E-state index contributed by atoms with van der Waals surface area (Å²) >= 11 is 1.92. The number of hydrogen-bond donors (Lipinski definition) is 0. The molecule has 0 saturated carbocycles. The van der Waals surface area contributed by atoms with Gasteiger partial charge in [0, 0.05) is 0 Å². The van der Waals surface area contributed by atoms with Gasteiger partial charge < -0.3 is 0 Å². The van der Waals surface area contributed by atoms with E-state index in [4.69, 9.17) is 0 Å². The van der Waals surface area contributed by atoms with Gasteiger partial charge in [0.05, 0.1) is 0 Å². The van der Waals surface area contributed by atoms with Gasteiger partial charge in [-0.25, -0.2) is 0 Å². The second-order valence-corrected chi connectivity index (χ2v) is 3.40. The second kappa shape index (κ2) is 6.21. The lowest BCUT2D eigenvalue weighted by Crippen LogP contribution is -1.93. The maximum absolute atomic E-state index is 3.70. The molecule has 0 radical (unpaired) electrons. The van der Waals surface area contributed by atoms with Crippen molar-refractivity contribution in [3.05, 3.63) is 12.7 Å². The predicted octanol–water partition coefficient (Wildman–Crippen LogP) is 2.95. The Hall–Kier alpha value is 0.0900. The maximum Gasteiger partial charge on any atom is -0.00677 e. The number of hydrogen-bond acceptors (Lipinski definition) is 1. The van der Waals surface area contributed by atoms with Crippen LogP contribution in [0.1, 0.15) is 19.8 Å². The molecule has 0 aliphatic carbocycles. The summed E-state index contributed by atoms with van der Waals surface area (Å²) in [7, 11) is 0. The fraction of sp³-hybridized carbons (Fsp3) is 0.750. The highest BCUT2D eigenvalue weighted by Crippen LogP contribution is 2.10. The fourth-order valence-corrected chi connectivity index (χ4v) is 1.36. The molecule has 0 rings (SSSR count). The third kappa shape index (κ3) is 5.97. The van der Waals surface area contributed by atoms with Gasteiger partial charge in [-0.3, -0.25) is 0 Å². The molecule has 1 atom stereocenters. The molecular formula is C8H16S. The molecule has 0 fully saturated rings. The molecule has 0 aliphatic heterocycles. The van der Waals surface area contributed by atoms with E-state index < -0.39 is 0 Å². The van der Waals surface area contributed by atoms with Gasteiger partial charge in [-0.05, 0) is 30.8 Å². The van der Waals surface area contributed by atoms with E-state index in [0.717, 1.165) is 5.92 Å². The van der Waals surface area contributed by atoms with Gasteiger partial charge >= 0.3 is 0 Å². The molecular weight excluding hydrogens is 128 g/mol. The van der Waals surface area contributed by atoms with Crippen LogP contribution in [-0.4, -0.2) is 12.0 Å². The first-order valence-corrected chi connectivity index (χ1v) is 4.80. The van der Waals surface area contributed by atoms with Crippen LogP contribution in [0.2, 0.25) is 0 Å². The van der Waals surface area contributed by atoms with Crippen LogP contribution in [0, 0.1) is 5.92 Å². The summed E-state index contributed by atoms with van der Waals surface area (Å²) in [5.41, 5.74) is 0. The zero-order valence-corrected chi connectivity index (χ0v) is 7.21. The molecule has 0 nitrogen and oxygen atoms in total. The average Bonchev–Trinajstić information content (AvgIpc) is 1.85. The molecule has 1 heteroatoms. The summed E-state index contributed by atoms with van der Waals surface area (Å²) in [4.78, 5) is 0. The summed E-state index contributed by atoms with van der Waals surface area (Å²) in [6.45, 7) is 5.98. The monoisotopic (exact) mass is 144 g/mol. The zero-order chi connectivity index (χ0) is 7.11. The average molecular weight is 144 g/mol. The first-order chi connectivity index (χ1) is 4.31. The lowest BCUT2D eigenvalue weighted by atomic mass is 10.1. The van der Waals surface area contributed by atoms with Gasteiger partial charge in [0.2, 0.25) is 0 Å². The highest BCUT2D eigenvalue weighted by atomic mass is 32.2. The molecule has 0 amide bonds. The van der Waals surface area contributed by atoms with Crippen molar-refractivity contribution >= 4 is 11.8 Å². The van der Waals surface area contributed by atoms with Crippen molar-refractivity contribution in [3.8, 4) is 0 Å². The summed E-state index contributed by atoms with van der Waals surface area (Å²) < 4.78 is 0. The Kier molecular flexibility index (Phi) is 6.28. The molecule has 0 N–H and O–H groups in total. The van der Waals surface area contributed by atoms with E-state index in [9.17, 15) is 0 Å². The largest absolute Gasteiger partial charge is 0.165 e. The minimum atomic E-state index is 0.829. The van der Waals surface area contributed by atoms with Gasteiger partial charge in [-0.2, -0.15) is 11.8 Å². The Balaban J connectivity index is 3.04. The number of thioether (sulfide) groups is 1. The zero-order valence-electron chi connectivity index (χ0n) is 6.39. The van der Waals surface area contributed by atoms with E-state index in [1.807, 2.05) is 17.8 Å². The van der Waals surface area contributed by atoms with E-state index in [1.54, 1.807) is 0 Å². The van der Waals surface area contributed by atoms with Crippen LogP contribution in [0.25, 0.3) is 0 Å². The summed E-state index contributed by atoms with van der Waals surface area (Å²) in [6, 6.07) is 0. The highest BCUT2D eigenvalue weighted by molar-refractivity contribution is 7.98. The van der Waals surface area contributed by atoms with E-state index >= 15 is 0 Å². The molecule has 54 valence electrons. The van der Waals surface area contributed by atoms with Crippen molar-refractivity contribution in [2.45, 2.75) is 19.8 Å². The van der Waals surface area contributed by atoms with E-state index in [1.165, 1.54) is 18.6 Å². The van der Waals surface area contributed by atoms with Crippen molar-refractivity contribution in [1.29, 1.82) is 0 Å². The Morgan fingerprint density at radius 1 is 1.67 bits per heavy atom. The third-order valence-corrected chi connectivity index (χ3v) is 2.03. The normalized spacial score (nSPS) is 13.1. The lowest BCUT2D eigenvalue weighted by molar-refractivity contribution is 0.578. The Morgan fingerprint density at radius 3 is 2.78 bits per heavy atom. The fourth-order valence-electron chi connectivity index (χ4n) is 0.721. The van der Waals surface area contributed by atoms with Crippen molar-refractivity contribution in [2.75, 3.05) is 12.0 Å². The topological polar surface area (TPSA) is 0 Å². The molecule has 0 spiro atoms. The van der Waals surface area contributed by atoms with E-state index in [2.05, 4.69) is 19.8 Å². The Labute approximate surface area is 62.7 Å². The molecule has 0 aromatic carbocycles. The smallest absolute Gasteiger partial charge is 0.00677 e. The second-order valence-electron chi connectivity index (χ2n) is 2.41. The summed E-state index contributed by atoms with van der Waals surface area (Å²) in [5, 5.41) is 0. The lowest BCUT2D eigenvalue weighted by Gasteiger charge is -2.05. The molecule has 0 saturated heterocycles. The van der Waals surface area contributed by atoms with E-state index in [-0.39, 0.29) is 0 Å². The summed E-state index contributed by atoms with van der Waals surface area (Å²) in [5.74, 6) is 2.12. The molecule has 0 aliphatic rings. The molecule has 0 heterocycles. The number of rotatable bonds is 5. The van der Waals surface area contributed by atoms with Crippen molar-refractivity contribution in [3.63, 3.8) is 0 Å². The number of allylic oxidation sites excluding steroid dienone is 1. The first-order valence-electron chi connectivity index (χ1n) is 3.41. The van der Waals surface area contributed by atoms with Crippen molar-refractivity contribution < 1.29 is 0 Å². The van der Waals surface area contributed by atoms with Crippen LogP contribution < -0.4 is 0 Å². The van der Waals surface area contributed by atoms with Crippen LogP contribution in [0.4, 0.5) is 0 Å². The van der Waals surface area contributed by atoms with Gasteiger partial charge in [0.15, 0.2) is 0 Å². The van der Waals surface area contributed by atoms with Crippen LogP contribution in [-0.2, 0) is 0 Å². The van der Waals surface area contributed by atoms with Crippen molar-refractivity contribution in [1.82, 2.24) is 0 Å². The molecule has 1 unspecified atom stereocenters. The predicted molar refractivity (Wildman–Crippen MR) is 47.0 cm³/mol. The quantitative estimate of drug-likeness (QED) is 0.535. The molecule has 0 bridgehead atoms. The third-order valence-electron chi connectivity index (χ3n) is 1.38. The molecule has 9 heavy (non-hydrogen) atoms. The maximum atomic E-state index is 3.70. The van der Waals surface area contributed by atoms with Crippen LogP contribution in [0.3, 0.4) is 0 Å². The van der Waals surface area contributed by atoms with Crippen LogP contribution >= 0.6 is 11.8 Å². The van der Waals surface area contributed by atoms with Crippen LogP contribution in [0.15, 0.2) is 12.7 Å². The van der Waals surface area contributed by atoms with Gasteiger partial charge in [-0.15, -0.1) is 6.58 Å². The molecule has 0 aromatic rings. The first kappa shape index (κ1) is 9.09. The Morgan fingerprint density at radius 2 is 2.33 bits per heavy atom. The minimum Gasteiger partial charge on any atom is -0.165 e. The van der Waals surface area contributed by atoms with Crippen molar-refractivity contribution in [2.24, 2.45) is 5.92 Å². The highest BCUT2D eigenvalue weighted by Gasteiger charge is 1.96. The van der Waals surface area contributed by atoms with Gasteiger partial charge in [0.25, 0.3) is 0 Å². The standard InChI is InChI=1S/C8H16S/c1-4-5-8(2)6-7-9-3/h4,8H,1,5-7H2,2-3H3. The SMILES string of the molecule is C=CCC(C)CCSC. The Bertz CT molecular complexity index is 69.0. The van der Waals surface area contributed by atoms with E-state index in [0.29, 0.717) is 0 Å². The minimum absolute atomic E-state index is 0.829. The van der Waals surface area contributed by atoms with Gasteiger partial charge in [-0.1, -0.05) is 13.0 Å².